The van der Waals surface area contributed by atoms with Crippen LogP contribution in [0.15, 0.2) is 36.9 Å². The van der Waals surface area contributed by atoms with Crippen LogP contribution in [0, 0.1) is 0 Å². The lowest BCUT2D eigenvalue weighted by Gasteiger charge is -1.99. The number of hydrogen-bond acceptors (Lipinski definition) is 2. The van der Waals surface area contributed by atoms with Crippen molar-refractivity contribution in [2.75, 3.05) is 0 Å². The Bertz CT molecular complexity index is 445. The lowest BCUT2D eigenvalue weighted by molar-refractivity contribution is 0.101. The molecule has 0 aromatic carbocycles. The molecule has 1 N–H and O–H groups in total. The number of nitrogens with zero attached hydrogens (tertiary/aromatic N) is 1. The van der Waals surface area contributed by atoms with Crippen molar-refractivity contribution in [3.8, 4) is 11.1 Å². The molecule has 0 radical (unpaired) electrons. The Morgan fingerprint density at radius 1 is 1.29 bits per heavy atom. The highest BCUT2D eigenvalue weighted by Crippen LogP contribution is 2.22. The Morgan fingerprint density at radius 3 is 2.64 bits per heavy atom. The third kappa shape index (κ3) is 1.44. The van der Waals surface area contributed by atoms with Gasteiger partial charge in [-0.2, -0.15) is 0 Å². The van der Waals surface area contributed by atoms with Crippen molar-refractivity contribution in [3.05, 3.63) is 42.5 Å². The number of hydrogen-bond donors (Lipinski definition) is 1. The van der Waals surface area contributed by atoms with Crippen LogP contribution in [0.4, 0.5) is 0 Å². The van der Waals surface area contributed by atoms with Gasteiger partial charge in [-0.15, -0.1) is 0 Å². The summed E-state index contributed by atoms with van der Waals surface area (Å²) in [6.45, 7) is 1.56. The lowest BCUT2D eigenvalue weighted by Crippen LogP contribution is -1.91. The van der Waals surface area contributed by atoms with E-state index in [0.29, 0.717) is 0 Å². The molecule has 3 heteroatoms. The van der Waals surface area contributed by atoms with E-state index in [9.17, 15) is 4.79 Å². The van der Waals surface area contributed by atoms with E-state index in [1.807, 2.05) is 18.3 Å². The molecule has 0 fully saturated rings. The molecule has 14 heavy (non-hydrogen) atoms. The molecule has 0 aliphatic carbocycles. The van der Waals surface area contributed by atoms with Gasteiger partial charge < -0.3 is 4.98 Å². The van der Waals surface area contributed by atoms with Gasteiger partial charge in [-0.1, -0.05) is 0 Å². The molecule has 0 saturated heterocycles. The van der Waals surface area contributed by atoms with Crippen molar-refractivity contribution in [3.63, 3.8) is 0 Å². The van der Waals surface area contributed by atoms with Gasteiger partial charge in [-0.25, -0.2) is 0 Å². The molecule has 0 saturated carbocycles. The molecule has 70 valence electrons. The molecular formula is C11H10N2O. The zero-order chi connectivity index (χ0) is 9.97. The molecule has 0 bridgehead atoms. The van der Waals surface area contributed by atoms with Gasteiger partial charge in [0, 0.05) is 35.9 Å². The topological polar surface area (TPSA) is 45.8 Å². The molecule has 0 aliphatic rings. The number of nitrogens with one attached hydrogen (secondary N) is 1. The van der Waals surface area contributed by atoms with Crippen molar-refractivity contribution >= 4 is 5.78 Å². The molecule has 0 aliphatic heterocycles. The average Bonchev–Trinajstić information content (AvgIpc) is 2.67. The summed E-state index contributed by atoms with van der Waals surface area (Å²) in [4.78, 5) is 18.1. The number of H-pyrrole nitrogens is 1. The van der Waals surface area contributed by atoms with Gasteiger partial charge in [-0.05, 0) is 24.6 Å². The van der Waals surface area contributed by atoms with Crippen LogP contribution in [-0.4, -0.2) is 15.8 Å². The van der Waals surface area contributed by atoms with Crippen LogP contribution in [0.3, 0.4) is 0 Å². The summed E-state index contributed by atoms with van der Waals surface area (Å²) < 4.78 is 0. The van der Waals surface area contributed by atoms with E-state index in [-0.39, 0.29) is 5.78 Å². The van der Waals surface area contributed by atoms with E-state index in [0.717, 1.165) is 16.7 Å². The maximum Gasteiger partial charge on any atom is 0.161 e. The molecule has 2 heterocycles. The molecule has 3 nitrogen and oxygen atoms in total. The minimum absolute atomic E-state index is 0.0677. The normalized spacial score (nSPS) is 10.1. The highest BCUT2D eigenvalue weighted by Gasteiger charge is 2.09. The molecule has 2 rings (SSSR count). The average molecular weight is 186 g/mol. The summed E-state index contributed by atoms with van der Waals surface area (Å²) in [5.74, 6) is 0.0677. The highest BCUT2D eigenvalue weighted by atomic mass is 16.1. The fraction of sp³-hybridized carbons (Fsp3) is 0.0909. The predicted molar refractivity (Wildman–Crippen MR) is 54.0 cm³/mol. The SMILES string of the molecule is CC(=O)c1c[nH]cc1-c1ccncc1. The Morgan fingerprint density at radius 2 is 2.00 bits per heavy atom. The van der Waals surface area contributed by atoms with Crippen LogP contribution in [0.2, 0.25) is 0 Å². The number of carbonyl (C=O) groups excluding carboxylic acids is 1. The number of aromatic amines is 1. The molecule has 2 aromatic heterocycles. The lowest BCUT2D eigenvalue weighted by atomic mass is 10.0. The fourth-order valence-corrected chi connectivity index (χ4v) is 1.43. The van der Waals surface area contributed by atoms with E-state index >= 15 is 0 Å². The van der Waals surface area contributed by atoms with E-state index in [2.05, 4.69) is 9.97 Å². The van der Waals surface area contributed by atoms with E-state index in [1.165, 1.54) is 0 Å². The second kappa shape index (κ2) is 3.46. The molecule has 0 spiro atoms. The van der Waals surface area contributed by atoms with Crippen LogP contribution in [0.5, 0.6) is 0 Å². The van der Waals surface area contributed by atoms with Crippen molar-refractivity contribution in [2.45, 2.75) is 6.92 Å². The Hall–Kier alpha value is -1.90. The van der Waals surface area contributed by atoms with Gasteiger partial charge in [-0.3, -0.25) is 9.78 Å². The monoisotopic (exact) mass is 186 g/mol. The van der Waals surface area contributed by atoms with Crippen molar-refractivity contribution in [1.82, 2.24) is 9.97 Å². The summed E-state index contributed by atoms with van der Waals surface area (Å²) in [7, 11) is 0. The van der Waals surface area contributed by atoms with E-state index in [4.69, 9.17) is 0 Å². The first-order chi connectivity index (χ1) is 6.79. The number of ketones is 1. The summed E-state index contributed by atoms with van der Waals surface area (Å²) >= 11 is 0. The van der Waals surface area contributed by atoms with Gasteiger partial charge in [0.25, 0.3) is 0 Å². The number of rotatable bonds is 2. The molecule has 0 atom stereocenters. The molecule has 0 unspecified atom stereocenters. The molecular weight excluding hydrogens is 176 g/mol. The summed E-state index contributed by atoms with van der Waals surface area (Å²) in [6, 6.07) is 3.77. The van der Waals surface area contributed by atoms with Crippen LogP contribution in [-0.2, 0) is 0 Å². The minimum Gasteiger partial charge on any atom is -0.366 e. The van der Waals surface area contributed by atoms with Crippen LogP contribution >= 0.6 is 0 Å². The third-order valence-electron chi connectivity index (χ3n) is 2.12. The van der Waals surface area contributed by atoms with E-state index in [1.54, 1.807) is 25.5 Å². The first kappa shape index (κ1) is 8.69. The number of pyridine rings is 1. The largest absolute Gasteiger partial charge is 0.366 e. The van der Waals surface area contributed by atoms with Gasteiger partial charge in [0.2, 0.25) is 0 Å². The Balaban J connectivity index is 2.52. The minimum atomic E-state index is 0.0677. The van der Waals surface area contributed by atoms with Gasteiger partial charge >= 0.3 is 0 Å². The standard InChI is InChI=1S/C11H10N2O/c1-8(14)10-6-13-7-11(10)9-2-4-12-5-3-9/h2-7,13H,1H3. The zero-order valence-corrected chi connectivity index (χ0v) is 7.82. The third-order valence-corrected chi connectivity index (χ3v) is 2.12. The smallest absolute Gasteiger partial charge is 0.161 e. The van der Waals surface area contributed by atoms with Crippen LogP contribution in [0.25, 0.3) is 11.1 Å². The maximum absolute atomic E-state index is 11.3. The van der Waals surface area contributed by atoms with Crippen molar-refractivity contribution in [2.24, 2.45) is 0 Å². The Kier molecular flexibility index (Phi) is 2.14. The predicted octanol–water partition coefficient (Wildman–Crippen LogP) is 2.28. The number of aromatic nitrogens is 2. The Labute approximate surface area is 81.8 Å². The fourth-order valence-electron chi connectivity index (χ4n) is 1.43. The van der Waals surface area contributed by atoms with Gasteiger partial charge in [0.15, 0.2) is 5.78 Å². The highest BCUT2D eigenvalue weighted by molar-refractivity contribution is 6.00. The first-order valence-corrected chi connectivity index (χ1v) is 4.37. The summed E-state index contributed by atoms with van der Waals surface area (Å²) in [5.41, 5.74) is 2.66. The quantitative estimate of drug-likeness (QED) is 0.731. The summed E-state index contributed by atoms with van der Waals surface area (Å²) in [5, 5.41) is 0. The van der Waals surface area contributed by atoms with E-state index < -0.39 is 0 Å². The van der Waals surface area contributed by atoms with Crippen LogP contribution in [0.1, 0.15) is 17.3 Å². The van der Waals surface area contributed by atoms with Crippen molar-refractivity contribution < 1.29 is 4.79 Å². The second-order valence-electron chi connectivity index (χ2n) is 3.07. The summed E-state index contributed by atoms with van der Waals surface area (Å²) in [6.07, 6.45) is 6.97. The number of carbonyl (C=O) groups is 1. The van der Waals surface area contributed by atoms with Crippen LogP contribution < -0.4 is 0 Å². The van der Waals surface area contributed by atoms with Gasteiger partial charge in [0.05, 0.1) is 0 Å². The second-order valence-corrected chi connectivity index (χ2v) is 3.07. The van der Waals surface area contributed by atoms with Crippen molar-refractivity contribution in [1.29, 1.82) is 0 Å². The molecule has 0 amide bonds. The molecule has 2 aromatic rings. The number of Topliss-reactive ketones (excluding diaryl/α,β-unsaturated/α-hetero) is 1. The van der Waals surface area contributed by atoms with Gasteiger partial charge in [0.1, 0.15) is 0 Å². The zero-order valence-electron chi connectivity index (χ0n) is 7.82. The first-order valence-electron chi connectivity index (χ1n) is 4.37. The maximum atomic E-state index is 11.3.